The van der Waals surface area contributed by atoms with Crippen molar-refractivity contribution in [1.82, 2.24) is 4.31 Å². The first-order chi connectivity index (χ1) is 5.05. The molecule has 0 spiro atoms. The molecule has 0 unspecified atom stereocenters. The minimum atomic E-state index is -3.65. The number of nitrogens with zero attached hydrogens (tertiary/aromatic N) is 2. The van der Waals surface area contributed by atoms with Crippen LogP contribution in [0, 0.1) is 11.3 Å². The first-order valence-corrected chi connectivity index (χ1v) is 4.75. The van der Waals surface area contributed by atoms with Crippen LogP contribution in [0.1, 0.15) is 12.8 Å². The van der Waals surface area contributed by atoms with Crippen LogP contribution in [0.5, 0.6) is 0 Å². The van der Waals surface area contributed by atoms with Crippen LogP contribution in [-0.2, 0) is 10.2 Å². The predicted molar refractivity (Wildman–Crippen MR) is 38.4 cm³/mol. The van der Waals surface area contributed by atoms with E-state index < -0.39 is 16.3 Å². The third kappa shape index (κ3) is 1.68. The summed E-state index contributed by atoms with van der Waals surface area (Å²) in [5, 5.41) is 13.3. The van der Waals surface area contributed by atoms with Gasteiger partial charge < -0.3 is 0 Å². The average Bonchev–Trinajstić information content (AvgIpc) is 2.31. The molecule has 1 atom stereocenters. The first-order valence-electron chi connectivity index (χ1n) is 3.25. The SMILES string of the molecule is N#C[C@@H]1CCCN1S(N)(=O)=O. The molecule has 2 N–H and O–H groups in total. The van der Waals surface area contributed by atoms with E-state index in [1.807, 2.05) is 6.07 Å². The van der Waals surface area contributed by atoms with Gasteiger partial charge in [-0.3, -0.25) is 0 Å². The highest BCUT2D eigenvalue weighted by molar-refractivity contribution is 7.86. The van der Waals surface area contributed by atoms with Gasteiger partial charge in [0, 0.05) is 6.54 Å². The van der Waals surface area contributed by atoms with Crippen molar-refractivity contribution in [3.63, 3.8) is 0 Å². The molecule has 1 saturated heterocycles. The number of nitriles is 1. The molecule has 62 valence electrons. The van der Waals surface area contributed by atoms with Crippen molar-refractivity contribution in [3.8, 4) is 6.07 Å². The molecule has 0 saturated carbocycles. The maximum atomic E-state index is 10.8. The number of hydrogen-bond donors (Lipinski definition) is 1. The standard InChI is InChI=1S/C5H9N3O2S/c6-4-5-2-1-3-8(5)11(7,9)10/h5H,1-3H2,(H2,7,9,10)/t5-/m0/s1. The van der Waals surface area contributed by atoms with Crippen molar-refractivity contribution >= 4 is 10.2 Å². The van der Waals surface area contributed by atoms with Gasteiger partial charge in [-0.1, -0.05) is 0 Å². The highest BCUT2D eigenvalue weighted by atomic mass is 32.2. The van der Waals surface area contributed by atoms with Gasteiger partial charge in [0.15, 0.2) is 0 Å². The molecular weight excluding hydrogens is 166 g/mol. The van der Waals surface area contributed by atoms with Crippen LogP contribution < -0.4 is 5.14 Å². The smallest absolute Gasteiger partial charge is 0.216 e. The Morgan fingerprint density at radius 3 is 2.64 bits per heavy atom. The fourth-order valence-corrected chi connectivity index (χ4v) is 2.06. The lowest BCUT2D eigenvalue weighted by Gasteiger charge is -2.14. The Morgan fingerprint density at radius 2 is 2.27 bits per heavy atom. The van der Waals surface area contributed by atoms with Gasteiger partial charge in [-0.05, 0) is 12.8 Å². The fraction of sp³-hybridized carbons (Fsp3) is 0.800. The lowest BCUT2D eigenvalue weighted by molar-refractivity contribution is 0.438. The summed E-state index contributed by atoms with van der Waals surface area (Å²) in [6.45, 7) is 0.372. The maximum absolute atomic E-state index is 10.8. The Kier molecular flexibility index (Phi) is 2.13. The fourth-order valence-electron chi connectivity index (χ4n) is 1.17. The van der Waals surface area contributed by atoms with E-state index in [1.165, 1.54) is 0 Å². The predicted octanol–water partition coefficient (Wildman–Crippen LogP) is -0.822. The highest BCUT2D eigenvalue weighted by Gasteiger charge is 2.31. The van der Waals surface area contributed by atoms with Gasteiger partial charge in [0.1, 0.15) is 6.04 Å². The summed E-state index contributed by atoms with van der Waals surface area (Å²) in [6, 6.07) is 1.34. The number of nitrogens with two attached hydrogens (primary N) is 1. The summed E-state index contributed by atoms with van der Waals surface area (Å²) in [5.74, 6) is 0. The second-order valence-electron chi connectivity index (χ2n) is 2.44. The topological polar surface area (TPSA) is 87.2 Å². The molecule has 1 fully saturated rings. The molecule has 5 nitrogen and oxygen atoms in total. The molecule has 0 bridgehead atoms. The third-order valence-corrected chi connectivity index (χ3v) is 2.77. The second-order valence-corrected chi connectivity index (χ2v) is 3.94. The Morgan fingerprint density at radius 1 is 1.64 bits per heavy atom. The zero-order valence-electron chi connectivity index (χ0n) is 5.90. The van der Waals surface area contributed by atoms with E-state index >= 15 is 0 Å². The maximum Gasteiger partial charge on any atom is 0.278 e. The summed E-state index contributed by atoms with van der Waals surface area (Å²) in [6.07, 6.45) is 1.31. The van der Waals surface area contributed by atoms with Crippen LogP contribution in [0.4, 0.5) is 0 Å². The van der Waals surface area contributed by atoms with Crippen LogP contribution in [-0.4, -0.2) is 25.3 Å². The summed E-state index contributed by atoms with van der Waals surface area (Å²) >= 11 is 0. The Bertz CT molecular complexity index is 279. The summed E-state index contributed by atoms with van der Waals surface area (Å²) < 4.78 is 22.5. The Labute approximate surface area is 65.6 Å². The van der Waals surface area contributed by atoms with E-state index in [2.05, 4.69) is 0 Å². The Balaban J connectivity index is 2.83. The second kappa shape index (κ2) is 2.77. The molecule has 0 amide bonds. The zero-order valence-corrected chi connectivity index (χ0v) is 6.71. The van der Waals surface area contributed by atoms with Gasteiger partial charge in [0.2, 0.25) is 0 Å². The molecule has 0 aromatic rings. The van der Waals surface area contributed by atoms with Gasteiger partial charge in [-0.2, -0.15) is 18.0 Å². The van der Waals surface area contributed by atoms with Crippen molar-refractivity contribution in [2.24, 2.45) is 5.14 Å². The molecule has 1 rings (SSSR count). The van der Waals surface area contributed by atoms with Crippen LogP contribution in [0.25, 0.3) is 0 Å². The lowest BCUT2D eigenvalue weighted by atomic mass is 10.2. The summed E-state index contributed by atoms with van der Waals surface area (Å²) in [5.41, 5.74) is 0. The molecule has 1 aliphatic heterocycles. The van der Waals surface area contributed by atoms with E-state index in [0.717, 1.165) is 4.31 Å². The average molecular weight is 175 g/mol. The monoisotopic (exact) mass is 175 g/mol. The molecule has 0 radical (unpaired) electrons. The third-order valence-electron chi connectivity index (χ3n) is 1.68. The first kappa shape index (κ1) is 8.46. The van der Waals surface area contributed by atoms with Crippen molar-refractivity contribution < 1.29 is 8.42 Å². The van der Waals surface area contributed by atoms with Crippen LogP contribution in [0.3, 0.4) is 0 Å². The Hall–Kier alpha value is -0.640. The molecule has 1 heterocycles. The number of rotatable bonds is 1. The van der Waals surface area contributed by atoms with Gasteiger partial charge in [0.25, 0.3) is 10.2 Å². The summed E-state index contributed by atoms with van der Waals surface area (Å²) in [7, 11) is -3.65. The van der Waals surface area contributed by atoms with E-state index in [0.29, 0.717) is 19.4 Å². The van der Waals surface area contributed by atoms with Gasteiger partial charge in [-0.15, -0.1) is 0 Å². The van der Waals surface area contributed by atoms with E-state index in [-0.39, 0.29) is 0 Å². The van der Waals surface area contributed by atoms with Crippen LogP contribution in [0.2, 0.25) is 0 Å². The molecule has 1 aliphatic rings. The largest absolute Gasteiger partial charge is 0.278 e. The van der Waals surface area contributed by atoms with Crippen molar-refractivity contribution in [1.29, 1.82) is 5.26 Å². The molecule has 0 aliphatic carbocycles. The van der Waals surface area contributed by atoms with Crippen molar-refractivity contribution in [2.45, 2.75) is 18.9 Å². The molecule has 11 heavy (non-hydrogen) atoms. The van der Waals surface area contributed by atoms with E-state index in [4.69, 9.17) is 10.4 Å². The van der Waals surface area contributed by atoms with Gasteiger partial charge in [0.05, 0.1) is 6.07 Å². The van der Waals surface area contributed by atoms with Crippen molar-refractivity contribution in [3.05, 3.63) is 0 Å². The minimum absolute atomic E-state index is 0.372. The highest BCUT2D eigenvalue weighted by Crippen LogP contribution is 2.17. The quantitative estimate of drug-likeness (QED) is 0.564. The minimum Gasteiger partial charge on any atom is -0.216 e. The normalized spacial score (nSPS) is 26.7. The summed E-state index contributed by atoms with van der Waals surface area (Å²) in [4.78, 5) is 0. The van der Waals surface area contributed by atoms with Crippen LogP contribution >= 0.6 is 0 Å². The van der Waals surface area contributed by atoms with E-state index in [1.54, 1.807) is 0 Å². The number of hydrogen-bond acceptors (Lipinski definition) is 3. The molecule has 0 aromatic carbocycles. The van der Waals surface area contributed by atoms with E-state index in [9.17, 15) is 8.42 Å². The molecule has 6 heteroatoms. The molecule has 0 aromatic heterocycles. The van der Waals surface area contributed by atoms with Crippen molar-refractivity contribution in [2.75, 3.05) is 6.54 Å². The van der Waals surface area contributed by atoms with Crippen LogP contribution in [0.15, 0.2) is 0 Å². The molecular formula is C5H9N3O2S. The van der Waals surface area contributed by atoms with Gasteiger partial charge in [-0.25, -0.2) is 5.14 Å². The zero-order chi connectivity index (χ0) is 8.48. The van der Waals surface area contributed by atoms with Gasteiger partial charge >= 0.3 is 0 Å². The lowest BCUT2D eigenvalue weighted by Crippen LogP contribution is -2.39.